The van der Waals surface area contributed by atoms with Crippen LogP contribution in [0.2, 0.25) is 0 Å². The first-order chi connectivity index (χ1) is 7.68. The van der Waals surface area contributed by atoms with Crippen LogP contribution >= 0.6 is 0 Å². The number of halogens is 1. The molecule has 4 heteroatoms. The third kappa shape index (κ3) is 2.15. The second-order valence-corrected chi connectivity index (χ2v) is 3.98. The predicted molar refractivity (Wildman–Crippen MR) is 59.7 cm³/mol. The zero-order chi connectivity index (χ0) is 11.5. The van der Waals surface area contributed by atoms with Crippen LogP contribution in [-0.4, -0.2) is 30.3 Å². The molecule has 86 valence electrons. The van der Waals surface area contributed by atoms with E-state index in [1.54, 1.807) is 18.2 Å². The van der Waals surface area contributed by atoms with Crippen molar-refractivity contribution in [3.63, 3.8) is 0 Å². The zero-order valence-electron chi connectivity index (χ0n) is 8.90. The lowest BCUT2D eigenvalue weighted by molar-refractivity contribution is 0.0697. The van der Waals surface area contributed by atoms with Crippen LogP contribution in [0.4, 0.5) is 10.1 Å². The molecule has 3 nitrogen and oxygen atoms in total. The number of hydrogen-bond donors (Lipinski definition) is 1. The lowest BCUT2D eigenvalue weighted by atomic mass is 10.1. The fourth-order valence-electron chi connectivity index (χ4n) is 2.02. The quantitative estimate of drug-likeness (QED) is 0.836. The van der Waals surface area contributed by atoms with Crippen molar-refractivity contribution in [1.29, 1.82) is 0 Å². The van der Waals surface area contributed by atoms with Crippen molar-refractivity contribution in [3.05, 3.63) is 29.8 Å². The van der Waals surface area contributed by atoms with Gasteiger partial charge in [-0.3, -0.25) is 0 Å². The molecule has 0 aromatic heterocycles. The van der Waals surface area contributed by atoms with Crippen molar-refractivity contribution in [1.82, 2.24) is 0 Å². The van der Waals surface area contributed by atoms with Gasteiger partial charge in [-0.2, -0.15) is 0 Å². The molecule has 0 atom stereocenters. The number of rotatable bonds is 2. The molecule has 1 N–H and O–H groups in total. The average molecular weight is 223 g/mol. The van der Waals surface area contributed by atoms with E-state index in [4.69, 9.17) is 5.11 Å². The first-order valence-corrected chi connectivity index (χ1v) is 5.40. The maximum absolute atomic E-state index is 13.0. The van der Waals surface area contributed by atoms with E-state index < -0.39 is 12.1 Å². The van der Waals surface area contributed by atoms with Crippen LogP contribution in [0.15, 0.2) is 24.3 Å². The Labute approximate surface area is 93.5 Å². The van der Waals surface area contributed by atoms with Crippen LogP contribution in [0.5, 0.6) is 0 Å². The maximum Gasteiger partial charge on any atom is 0.337 e. The number of para-hydroxylation sites is 1. The van der Waals surface area contributed by atoms with Gasteiger partial charge in [-0.25, -0.2) is 9.18 Å². The van der Waals surface area contributed by atoms with Gasteiger partial charge < -0.3 is 10.0 Å². The SMILES string of the molecule is O=C(O)c1ccccc1N1CCC(F)CC1. The highest BCUT2D eigenvalue weighted by molar-refractivity contribution is 5.94. The maximum atomic E-state index is 13.0. The highest BCUT2D eigenvalue weighted by atomic mass is 19.1. The van der Waals surface area contributed by atoms with Gasteiger partial charge in [0.15, 0.2) is 0 Å². The Balaban J connectivity index is 2.23. The number of piperidine rings is 1. The van der Waals surface area contributed by atoms with Crippen molar-refractivity contribution in [2.45, 2.75) is 19.0 Å². The molecule has 0 radical (unpaired) electrons. The van der Waals surface area contributed by atoms with Crippen LogP contribution in [-0.2, 0) is 0 Å². The molecule has 1 fully saturated rings. The number of nitrogens with zero attached hydrogens (tertiary/aromatic N) is 1. The summed E-state index contributed by atoms with van der Waals surface area (Å²) in [6.07, 6.45) is 0.218. The standard InChI is InChI=1S/C12H14FNO2/c13-9-5-7-14(8-6-9)11-4-2-1-3-10(11)12(15)16/h1-4,9H,5-8H2,(H,15,16). The normalized spacial score (nSPS) is 17.4. The molecule has 0 saturated carbocycles. The lowest BCUT2D eigenvalue weighted by Crippen LogP contribution is -2.35. The summed E-state index contributed by atoms with van der Waals surface area (Å²) < 4.78 is 13.0. The molecule has 0 unspecified atom stereocenters. The van der Waals surface area contributed by atoms with Gasteiger partial charge in [0.2, 0.25) is 0 Å². The Morgan fingerprint density at radius 1 is 1.31 bits per heavy atom. The molecule has 1 aliphatic heterocycles. The molecular formula is C12H14FNO2. The molecule has 0 amide bonds. The number of aromatic carboxylic acids is 1. The molecule has 1 aliphatic rings. The molecule has 1 aromatic carbocycles. The van der Waals surface area contributed by atoms with Gasteiger partial charge in [-0.1, -0.05) is 12.1 Å². The summed E-state index contributed by atoms with van der Waals surface area (Å²) in [5.74, 6) is -0.932. The molecule has 1 saturated heterocycles. The number of hydrogen-bond acceptors (Lipinski definition) is 2. The van der Waals surface area contributed by atoms with Crippen molar-refractivity contribution < 1.29 is 14.3 Å². The molecule has 2 rings (SSSR count). The van der Waals surface area contributed by atoms with Crippen molar-refractivity contribution in [2.24, 2.45) is 0 Å². The fourth-order valence-corrected chi connectivity index (χ4v) is 2.02. The van der Waals surface area contributed by atoms with Crippen molar-refractivity contribution in [2.75, 3.05) is 18.0 Å². The van der Waals surface area contributed by atoms with Gasteiger partial charge >= 0.3 is 5.97 Å². The van der Waals surface area contributed by atoms with Gasteiger partial charge in [-0.05, 0) is 25.0 Å². The zero-order valence-corrected chi connectivity index (χ0v) is 8.90. The van der Waals surface area contributed by atoms with E-state index in [0.29, 0.717) is 37.2 Å². The van der Waals surface area contributed by atoms with Gasteiger partial charge in [0, 0.05) is 13.1 Å². The van der Waals surface area contributed by atoms with Gasteiger partial charge in [0.25, 0.3) is 0 Å². The Hall–Kier alpha value is -1.58. The first-order valence-electron chi connectivity index (χ1n) is 5.40. The van der Waals surface area contributed by atoms with Crippen LogP contribution < -0.4 is 4.90 Å². The molecule has 0 aliphatic carbocycles. The minimum absolute atomic E-state index is 0.291. The number of benzene rings is 1. The van der Waals surface area contributed by atoms with Crippen molar-refractivity contribution in [3.8, 4) is 0 Å². The van der Waals surface area contributed by atoms with E-state index >= 15 is 0 Å². The summed E-state index contributed by atoms with van der Waals surface area (Å²) in [5.41, 5.74) is 0.988. The fraction of sp³-hybridized carbons (Fsp3) is 0.417. The predicted octanol–water partition coefficient (Wildman–Crippen LogP) is 2.32. The minimum atomic E-state index is -0.932. The summed E-state index contributed by atoms with van der Waals surface area (Å²) in [5, 5.41) is 9.05. The molecule has 1 aromatic rings. The van der Waals surface area contributed by atoms with E-state index in [1.807, 2.05) is 11.0 Å². The lowest BCUT2D eigenvalue weighted by Gasteiger charge is -2.31. The van der Waals surface area contributed by atoms with Crippen LogP contribution in [0.25, 0.3) is 0 Å². The second kappa shape index (κ2) is 4.51. The third-order valence-electron chi connectivity index (χ3n) is 2.90. The number of carboxylic acids is 1. The number of anilines is 1. The van der Waals surface area contributed by atoms with Gasteiger partial charge in [0.1, 0.15) is 6.17 Å². The summed E-state index contributed by atoms with van der Waals surface area (Å²) in [6, 6.07) is 6.87. The molecule has 0 spiro atoms. The monoisotopic (exact) mass is 223 g/mol. The van der Waals surface area contributed by atoms with E-state index in [-0.39, 0.29) is 0 Å². The number of carboxylic acid groups (broad SMARTS) is 1. The van der Waals surface area contributed by atoms with Crippen LogP contribution in [0.1, 0.15) is 23.2 Å². The Morgan fingerprint density at radius 2 is 1.94 bits per heavy atom. The topological polar surface area (TPSA) is 40.5 Å². The van der Waals surface area contributed by atoms with Crippen LogP contribution in [0, 0.1) is 0 Å². The summed E-state index contributed by atoms with van der Waals surface area (Å²) in [6.45, 7) is 1.18. The smallest absolute Gasteiger partial charge is 0.337 e. The Kier molecular flexibility index (Phi) is 3.08. The highest BCUT2D eigenvalue weighted by Crippen LogP contribution is 2.24. The molecular weight excluding hydrogens is 209 g/mol. The van der Waals surface area contributed by atoms with Gasteiger partial charge in [0.05, 0.1) is 11.3 Å². The highest BCUT2D eigenvalue weighted by Gasteiger charge is 2.21. The number of alkyl halides is 1. The second-order valence-electron chi connectivity index (χ2n) is 3.98. The largest absolute Gasteiger partial charge is 0.478 e. The Morgan fingerprint density at radius 3 is 2.56 bits per heavy atom. The van der Waals surface area contributed by atoms with Gasteiger partial charge in [-0.15, -0.1) is 0 Å². The molecule has 0 bridgehead atoms. The first kappa shape index (κ1) is 10.9. The summed E-state index contributed by atoms with van der Waals surface area (Å²) in [4.78, 5) is 13.0. The van der Waals surface area contributed by atoms with E-state index in [1.165, 1.54) is 0 Å². The van der Waals surface area contributed by atoms with E-state index in [2.05, 4.69) is 0 Å². The average Bonchev–Trinajstić information content (AvgIpc) is 2.30. The van der Waals surface area contributed by atoms with E-state index in [9.17, 15) is 9.18 Å². The molecule has 1 heterocycles. The van der Waals surface area contributed by atoms with Crippen LogP contribution in [0.3, 0.4) is 0 Å². The van der Waals surface area contributed by atoms with E-state index in [0.717, 1.165) is 0 Å². The summed E-state index contributed by atoms with van der Waals surface area (Å²) in [7, 11) is 0. The third-order valence-corrected chi connectivity index (χ3v) is 2.90. The number of carbonyl (C=O) groups is 1. The summed E-state index contributed by atoms with van der Waals surface area (Å²) >= 11 is 0. The minimum Gasteiger partial charge on any atom is -0.478 e. The van der Waals surface area contributed by atoms with Crippen molar-refractivity contribution >= 4 is 11.7 Å². The molecule has 16 heavy (non-hydrogen) atoms. The Bertz CT molecular complexity index is 386.